The molecule has 2 N–H and O–H groups in total. The largest absolute Gasteiger partial charge is 0.325 e. The van der Waals surface area contributed by atoms with Gasteiger partial charge in [-0.05, 0) is 60.5 Å². The van der Waals surface area contributed by atoms with E-state index >= 15 is 0 Å². The first kappa shape index (κ1) is 21.7. The van der Waals surface area contributed by atoms with Crippen LogP contribution in [0.2, 0.25) is 5.02 Å². The van der Waals surface area contributed by atoms with Gasteiger partial charge in [-0.2, -0.15) is 0 Å². The van der Waals surface area contributed by atoms with Gasteiger partial charge in [0.05, 0.1) is 5.75 Å². The molecule has 3 rings (SSSR count). The van der Waals surface area contributed by atoms with Crippen molar-refractivity contribution in [3.05, 3.63) is 95.0 Å². The number of rotatable bonds is 7. The molecule has 0 heterocycles. The summed E-state index contributed by atoms with van der Waals surface area (Å²) in [7, 11) is 0. The Hall–Kier alpha value is -3.02. The first-order valence-electron chi connectivity index (χ1n) is 9.32. The summed E-state index contributed by atoms with van der Waals surface area (Å²) < 4.78 is 0. The van der Waals surface area contributed by atoms with E-state index in [9.17, 15) is 9.59 Å². The van der Waals surface area contributed by atoms with Crippen LogP contribution in [0.4, 0.5) is 11.4 Å². The molecular formula is C24H21ClN2O2S. The van der Waals surface area contributed by atoms with Crippen molar-refractivity contribution in [2.24, 2.45) is 0 Å². The average molecular weight is 437 g/mol. The molecule has 0 bridgehead atoms. The van der Waals surface area contributed by atoms with Crippen LogP contribution in [0.5, 0.6) is 0 Å². The van der Waals surface area contributed by atoms with Gasteiger partial charge in [0.25, 0.3) is 0 Å². The quantitative estimate of drug-likeness (QED) is 0.351. The second-order valence-corrected chi connectivity index (χ2v) is 8.04. The second-order valence-electron chi connectivity index (χ2n) is 6.55. The van der Waals surface area contributed by atoms with Gasteiger partial charge in [0.15, 0.2) is 0 Å². The molecule has 4 nitrogen and oxygen atoms in total. The van der Waals surface area contributed by atoms with E-state index in [1.54, 1.807) is 18.2 Å². The summed E-state index contributed by atoms with van der Waals surface area (Å²) in [5, 5.41) is 6.28. The molecule has 30 heavy (non-hydrogen) atoms. The van der Waals surface area contributed by atoms with Crippen molar-refractivity contribution < 1.29 is 9.59 Å². The highest BCUT2D eigenvalue weighted by atomic mass is 35.5. The molecule has 6 heteroatoms. The Kier molecular flexibility index (Phi) is 7.71. The monoisotopic (exact) mass is 436 g/mol. The molecule has 0 unspecified atom stereocenters. The summed E-state index contributed by atoms with van der Waals surface area (Å²) in [6, 6.07) is 22.4. The van der Waals surface area contributed by atoms with Crippen molar-refractivity contribution in [1.29, 1.82) is 0 Å². The van der Waals surface area contributed by atoms with Gasteiger partial charge in [-0.15, -0.1) is 11.8 Å². The third-order valence-corrected chi connectivity index (χ3v) is 5.44. The van der Waals surface area contributed by atoms with Crippen LogP contribution in [0.3, 0.4) is 0 Å². The highest BCUT2D eigenvalue weighted by Gasteiger charge is 2.07. The molecule has 3 aromatic rings. The summed E-state index contributed by atoms with van der Waals surface area (Å²) in [4.78, 5) is 25.2. The van der Waals surface area contributed by atoms with Gasteiger partial charge in [-0.1, -0.05) is 48.0 Å². The third-order valence-electron chi connectivity index (χ3n) is 4.19. The fourth-order valence-corrected chi connectivity index (χ4v) is 3.49. The number of aryl methyl sites for hydroxylation is 1. The zero-order valence-corrected chi connectivity index (χ0v) is 18.0. The molecular weight excluding hydrogens is 416 g/mol. The van der Waals surface area contributed by atoms with E-state index in [1.165, 1.54) is 17.8 Å². The summed E-state index contributed by atoms with van der Waals surface area (Å²) in [6.07, 6.45) is 3.26. The minimum atomic E-state index is -0.199. The SMILES string of the molecule is Cc1ccc(Cl)cc1NC(=O)CSc1ccc(NC(=O)/C=C/c2ccccc2)cc1. The number of thioether (sulfide) groups is 1. The molecule has 0 aliphatic rings. The third kappa shape index (κ3) is 6.79. The molecule has 0 radical (unpaired) electrons. The maximum Gasteiger partial charge on any atom is 0.248 e. The molecule has 152 valence electrons. The number of amides is 2. The Balaban J connectivity index is 1.48. The number of anilines is 2. The fourth-order valence-electron chi connectivity index (χ4n) is 2.62. The lowest BCUT2D eigenvalue weighted by atomic mass is 10.2. The number of hydrogen-bond donors (Lipinski definition) is 2. The van der Waals surface area contributed by atoms with Crippen LogP contribution >= 0.6 is 23.4 Å². The van der Waals surface area contributed by atoms with Crippen LogP contribution in [0.15, 0.2) is 83.8 Å². The smallest absolute Gasteiger partial charge is 0.248 e. The normalized spacial score (nSPS) is 10.7. The molecule has 0 saturated carbocycles. The molecule has 2 amide bonds. The second kappa shape index (κ2) is 10.7. The summed E-state index contributed by atoms with van der Waals surface area (Å²) in [6.45, 7) is 1.92. The summed E-state index contributed by atoms with van der Waals surface area (Å²) >= 11 is 7.41. The topological polar surface area (TPSA) is 58.2 Å². The van der Waals surface area contributed by atoms with Gasteiger partial charge in [-0.25, -0.2) is 0 Å². The minimum Gasteiger partial charge on any atom is -0.325 e. The fraction of sp³-hybridized carbons (Fsp3) is 0.0833. The molecule has 0 fully saturated rings. The van der Waals surface area contributed by atoms with Gasteiger partial charge >= 0.3 is 0 Å². The lowest BCUT2D eigenvalue weighted by molar-refractivity contribution is -0.114. The Morgan fingerprint density at radius 1 is 0.967 bits per heavy atom. The van der Waals surface area contributed by atoms with E-state index in [4.69, 9.17) is 11.6 Å². The van der Waals surface area contributed by atoms with E-state index in [1.807, 2.05) is 67.6 Å². The molecule has 0 aliphatic heterocycles. The van der Waals surface area contributed by atoms with Crippen LogP contribution in [0.1, 0.15) is 11.1 Å². The van der Waals surface area contributed by atoms with Gasteiger partial charge in [0.1, 0.15) is 0 Å². The molecule has 3 aromatic carbocycles. The van der Waals surface area contributed by atoms with Crippen molar-refractivity contribution >= 4 is 52.6 Å². The first-order chi connectivity index (χ1) is 14.5. The van der Waals surface area contributed by atoms with Crippen LogP contribution < -0.4 is 10.6 Å². The summed E-state index contributed by atoms with van der Waals surface area (Å²) in [5.41, 5.74) is 3.33. The predicted octanol–water partition coefficient (Wildman–Crippen LogP) is 6.03. The van der Waals surface area contributed by atoms with E-state index in [-0.39, 0.29) is 17.6 Å². The number of nitrogens with one attached hydrogen (secondary N) is 2. The Bertz CT molecular complexity index is 1050. The highest BCUT2D eigenvalue weighted by molar-refractivity contribution is 8.00. The van der Waals surface area contributed by atoms with Crippen molar-refractivity contribution in [2.75, 3.05) is 16.4 Å². The maximum atomic E-state index is 12.2. The van der Waals surface area contributed by atoms with E-state index in [2.05, 4.69) is 10.6 Å². The maximum absolute atomic E-state index is 12.2. The Morgan fingerprint density at radius 3 is 2.43 bits per heavy atom. The minimum absolute atomic E-state index is 0.103. The predicted molar refractivity (Wildman–Crippen MR) is 126 cm³/mol. The van der Waals surface area contributed by atoms with Crippen LogP contribution in [-0.4, -0.2) is 17.6 Å². The zero-order chi connectivity index (χ0) is 21.3. The average Bonchev–Trinajstić information content (AvgIpc) is 2.75. The van der Waals surface area contributed by atoms with Gasteiger partial charge in [0, 0.05) is 27.4 Å². The van der Waals surface area contributed by atoms with Crippen molar-refractivity contribution in [3.63, 3.8) is 0 Å². The first-order valence-corrected chi connectivity index (χ1v) is 10.7. The van der Waals surface area contributed by atoms with Crippen molar-refractivity contribution in [1.82, 2.24) is 0 Å². The van der Waals surface area contributed by atoms with E-state index in [0.29, 0.717) is 10.7 Å². The Morgan fingerprint density at radius 2 is 1.70 bits per heavy atom. The van der Waals surface area contributed by atoms with Crippen LogP contribution in [-0.2, 0) is 9.59 Å². The zero-order valence-electron chi connectivity index (χ0n) is 16.4. The number of carbonyl (C=O) groups is 2. The van der Waals surface area contributed by atoms with Crippen LogP contribution in [0.25, 0.3) is 6.08 Å². The van der Waals surface area contributed by atoms with Gasteiger partial charge in [-0.3, -0.25) is 9.59 Å². The standard InChI is InChI=1S/C24H21ClN2O2S/c1-17-7-9-19(25)15-22(17)27-24(29)16-30-21-12-10-20(11-13-21)26-23(28)14-8-18-5-3-2-4-6-18/h2-15H,16H2,1H3,(H,26,28)(H,27,29)/b14-8+. The lowest BCUT2D eigenvalue weighted by Crippen LogP contribution is -2.14. The molecule has 0 aromatic heterocycles. The van der Waals surface area contributed by atoms with E-state index < -0.39 is 0 Å². The van der Waals surface area contributed by atoms with Gasteiger partial charge in [0.2, 0.25) is 11.8 Å². The number of hydrogen-bond acceptors (Lipinski definition) is 3. The molecule has 0 spiro atoms. The molecule has 0 atom stereocenters. The molecule has 0 aliphatic carbocycles. The van der Waals surface area contributed by atoms with Gasteiger partial charge < -0.3 is 10.6 Å². The number of benzene rings is 3. The summed E-state index contributed by atoms with van der Waals surface area (Å²) in [5.74, 6) is -0.0263. The van der Waals surface area contributed by atoms with Crippen molar-refractivity contribution in [2.45, 2.75) is 11.8 Å². The number of carbonyl (C=O) groups excluding carboxylic acids is 2. The molecule has 0 saturated heterocycles. The highest BCUT2D eigenvalue weighted by Crippen LogP contribution is 2.23. The van der Waals surface area contributed by atoms with E-state index in [0.717, 1.165) is 21.7 Å². The number of halogens is 1. The lowest BCUT2D eigenvalue weighted by Gasteiger charge is -2.09. The Labute approximate surface area is 185 Å². The van der Waals surface area contributed by atoms with Crippen molar-refractivity contribution in [3.8, 4) is 0 Å². The van der Waals surface area contributed by atoms with Crippen LogP contribution in [0, 0.1) is 6.92 Å².